The van der Waals surface area contributed by atoms with Gasteiger partial charge in [0.25, 0.3) is 0 Å². The average Bonchev–Trinajstić information content (AvgIpc) is 2.82. The van der Waals surface area contributed by atoms with Crippen LogP contribution in [0.15, 0.2) is 85.5 Å². The molecule has 0 aliphatic carbocycles. The second-order valence-corrected chi connectivity index (χ2v) is 15.2. The van der Waals surface area contributed by atoms with E-state index in [4.69, 9.17) is 25.9 Å². The maximum absolute atomic E-state index is 10.7. The first-order valence-corrected chi connectivity index (χ1v) is 16.5. The van der Waals surface area contributed by atoms with Crippen molar-refractivity contribution in [1.29, 1.82) is 0 Å². The summed E-state index contributed by atoms with van der Waals surface area (Å²) >= 11 is 0. The van der Waals surface area contributed by atoms with Crippen LogP contribution in [-0.2, 0) is 40.7 Å². The summed E-state index contributed by atoms with van der Waals surface area (Å²) in [7, 11) is -14.4. The number of benzene rings is 3. The van der Waals surface area contributed by atoms with Gasteiger partial charge in [0.05, 0.1) is 0 Å². The SMILES string of the molecule is C=CC[PH](c1ccccc1C)(c1ccccc1C)c1ccccc1C.O=S(=O)([O-])C(F)(F)F.O=S(=O)([O-])C(F)(F)F.[Pd+2]. The first-order chi connectivity index (χ1) is 18.6. The number of hydrogen-bond donors (Lipinski definition) is 0. The molecule has 0 fully saturated rings. The van der Waals surface area contributed by atoms with Gasteiger partial charge in [0, 0.05) is 0 Å². The van der Waals surface area contributed by atoms with Gasteiger partial charge in [-0.3, -0.25) is 0 Å². The number of rotatable bonds is 5. The monoisotopic (exact) mass is 750 g/mol. The number of alkyl halides is 6. The second kappa shape index (κ2) is 15.6. The molecule has 0 atom stereocenters. The Labute approximate surface area is 255 Å². The minimum Gasteiger partial charge on any atom is -0.741 e. The van der Waals surface area contributed by atoms with E-state index >= 15 is 0 Å². The molecule has 0 aromatic heterocycles. The third-order valence-corrected chi connectivity index (χ3v) is 12.3. The van der Waals surface area contributed by atoms with Gasteiger partial charge in [-0.1, -0.05) is 0 Å². The van der Waals surface area contributed by atoms with Crippen molar-refractivity contribution in [2.75, 3.05) is 6.16 Å². The Balaban J connectivity index is 0.000000820. The first kappa shape index (κ1) is 39.9. The maximum Gasteiger partial charge on any atom is 2.00 e. The fourth-order valence-corrected chi connectivity index (χ4v) is 9.51. The summed E-state index contributed by atoms with van der Waals surface area (Å²) in [6.07, 6.45) is 3.13. The van der Waals surface area contributed by atoms with Gasteiger partial charge in [-0.05, 0) is 0 Å². The Morgan fingerprint density at radius 1 is 0.643 bits per heavy atom. The number of halogens is 6. The minimum absolute atomic E-state index is 0. The van der Waals surface area contributed by atoms with E-state index in [2.05, 4.69) is 106 Å². The summed E-state index contributed by atoms with van der Waals surface area (Å²) in [5, 5.41) is 4.50. The van der Waals surface area contributed by atoms with Crippen LogP contribution in [0.2, 0.25) is 0 Å². The van der Waals surface area contributed by atoms with E-state index in [1.165, 1.54) is 32.6 Å². The third kappa shape index (κ3) is 10.3. The molecule has 16 heteroatoms. The molecular formula is C26H27F6O6PPdS2. The van der Waals surface area contributed by atoms with Crippen LogP contribution in [0.4, 0.5) is 26.3 Å². The number of aryl methyl sites for hydroxylation is 3. The molecule has 3 aromatic carbocycles. The largest absolute Gasteiger partial charge is 2.00 e. The van der Waals surface area contributed by atoms with Gasteiger partial charge in [-0.15, -0.1) is 0 Å². The summed E-state index contributed by atoms with van der Waals surface area (Å²) in [5.74, 6) is 0. The molecule has 3 rings (SSSR count). The Morgan fingerprint density at radius 3 is 1.02 bits per heavy atom. The van der Waals surface area contributed by atoms with E-state index in [-0.39, 0.29) is 20.4 Å². The summed E-state index contributed by atoms with van der Waals surface area (Å²) < 4.78 is 118. The molecular weight excluding hydrogens is 724 g/mol. The van der Waals surface area contributed by atoms with Crippen LogP contribution in [0.5, 0.6) is 0 Å². The van der Waals surface area contributed by atoms with Crippen LogP contribution in [-0.4, -0.2) is 43.1 Å². The van der Waals surface area contributed by atoms with Gasteiger partial charge in [0.15, 0.2) is 20.2 Å². The van der Waals surface area contributed by atoms with E-state index in [9.17, 15) is 26.3 Å². The quantitative estimate of drug-likeness (QED) is 0.0914. The molecule has 0 heterocycles. The standard InChI is InChI=1S/C24H27P.2CHF3O3S.Pd/c1-5-18-25(22-15-9-6-12-19(22)2,23-16-10-7-13-20(23)3)24-17-11-8-14-21(24)4;2*2-1(3,4)8(5,6)7;/h5-17,25H,1,18H2,2-4H3;2*(H,5,6,7);/q;;;+2/p-2. The predicted molar refractivity (Wildman–Crippen MR) is 147 cm³/mol. The Hall–Kier alpha value is -2.11. The first-order valence-electron chi connectivity index (χ1n) is 11.4. The van der Waals surface area contributed by atoms with Gasteiger partial charge in [0.1, 0.15) is 0 Å². The molecule has 0 saturated carbocycles. The molecule has 0 saturated heterocycles. The summed E-state index contributed by atoms with van der Waals surface area (Å²) in [6, 6.07) is 26.7. The molecule has 0 N–H and O–H groups in total. The number of hydrogen-bond acceptors (Lipinski definition) is 6. The van der Waals surface area contributed by atoms with E-state index in [1.807, 2.05) is 0 Å². The van der Waals surface area contributed by atoms with Gasteiger partial charge >= 0.3 is 184 Å². The van der Waals surface area contributed by atoms with Crippen LogP contribution >= 0.6 is 7.26 Å². The predicted octanol–water partition coefficient (Wildman–Crippen LogP) is 4.92. The smallest absolute Gasteiger partial charge is 0.741 e. The van der Waals surface area contributed by atoms with Crippen molar-refractivity contribution >= 4 is 43.4 Å². The molecule has 6 nitrogen and oxygen atoms in total. The van der Waals surface area contributed by atoms with Gasteiger partial charge < -0.3 is 9.11 Å². The van der Waals surface area contributed by atoms with Crippen molar-refractivity contribution in [3.05, 3.63) is 102 Å². The zero-order chi connectivity index (χ0) is 31.9. The topological polar surface area (TPSA) is 114 Å². The second-order valence-electron chi connectivity index (χ2n) is 8.64. The van der Waals surface area contributed by atoms with E-state index in [0.717, 1.165) is 6.16 Å². The van der Waals surface area contributed by atoms with Crippen molar-refractivity contribution in [3.8, 4) is 0 Å². The maximum atomic E-state index is 10.7. The summed E-state index contributed by atoms with van der Waals surface area (Å²) in [4.78, 5) is 0. The molecule has 0 amide bonds. The van der Waals surface area contributed by atoms with Crippen LogP contribution in [0.25, 0.3) is 0 Å². The van der Waals surface area contributed by atoms with Crippen LogP contribution in [0, 0.1) is 20.8 Å². The van der Waals surface area contributed by atoms with E-state index in [1.54, 1.807) is 0 Å². The van der Waals surface area contributed by atoms with Gasteiger partial charge in [0.2, 0.25) is 0 Å². The Bertz CT molecular complexity index is 1410. The van der Waals surface area contributed by atoms with Crippen molar-refractivity contribution in [1.82, 2.24) is 0 Å². The molecule has 0 radical (unpaired) electrons. The van der Waals surface area contributed by atoms with Gasteiger partial charge in [-0.25, -0.2) is 16.8 Å². The fraction of sp³-hybridized carbons (Fsp3) is 0.231. The summed E-state index contributed by atoms with van der Waals surface area (Å²) in [6.45, 7) is 10.9. The van der Waals surface area contributed by atoms with E-state index in [0.29, 0.717) is 0 Å². The van der Waals surface area contributed by atoms with Crippen LogP contribution in [0.3, 0.4) is 0 Å². The zero-order valence-corrected chi connectivity index (χ0v) is 26.5. The Kier molecular flexibility index (Phi) is 14.8. The van der Waals surface area contributed by atoms with E-state index < -0.39 is 38.5 Å². The minimum atomic E-state index is -6.09. The molecule has 236 valence electrons. The molecule has 0 spiro atoms. The normalized spacial score (nSPS) is 12.5. The molecule has 0 unspecified atom stereocenters. The van der Waals surface area contributed by atoms with Crippen molar-refractivity contribution in [2.45, 2.75) is 31.8 Å². The summed E-state index contributed by atoms with van der Waals surface area (Å²) in [5.41, 5.74) is -7.16. The van der Waals surface area contributed by atoms with Crippen LogP contribution < -0.4 is 15.9 Å². The zero-order valence-electron chi connectivity index (χ0n) is 22.3. The number of allylic oxidation sites excluding steroid dienone is 1. The molecule has 3 aromatic rings. The third-order valence-electron chi connectivity index (χ3n) is 5.83. The van der Waals surface area contributed by atoms with Gasteiger partial charge in [-0.2, -0.15) is 26.3 Å². The van der Waals surface area contributed by atoms with Crippen molar-refractivity contribution in [3.63, 3.8) is 0 Å². The molecule has 42 heavy (non-hydrogen) atoms. The van der Waals surface area contributed by atoms with Crippen molar-refractivity contribution < 1.29 is 72.7 Å². The Morgan fingerprint density at radius 2 is 0.857 bits per heavy atom. The molecule has 0 aliphatic rings. The van der Waals surface area contributed by atoms with Crippen LogP contribution in [0.1, 0.15) is 16.7 Å². The van der Waals surface area contributed by atoms with Crippen molar-refractivity contribution in [2.24, 2.45) is 0 Å². The molecule has 0 aliphatic heterocycles. The fourth-order valence-electron chi connectivity index (χ4n) is 4.14. The average molecular weight is 751 g/mol. The molecule has 0 bridgehead atoms.